The SMILES string of the molecule is Cc1nn(C(C)C)c2cnn(CCC(=O)Nc3nnc(CC(C)C)s3)c12. The van der Waals surface area contributed by atoms with Crippen LogP contribution in [0.25, 0.3) is 11.0 Å². The van der Waals surface area contributed by atoms with Crippen LogP contribution in [-0.2, 0) is 17.8 Å². The molecule has 0 aliphatic carbocycles. The highest BCUT2D eigenvalue weighted by atomic mass is 32.1. The summed E-state index contributed by atoms with van der Waals surface area (Å²) in [5, 5.41) is 21.5. The zero-order valence-corrected chi connectivity index (χ0v) is 16.7. The third kappa shape index (κ3) is 3.92. The molecule has 140 valence electrons. The molecule has 0 aliphatic rings. The Bertz CT molecular complexity index is 906. The number of carbonyl (C=O) groups excluding carboxylic acids is 1. The van der Waals surface area contributed by atoms with Crippen molar-refractivity contribution in [2.75, 3.05) is 5.32 Å². The summed E-state index contributed by atoms with van der Waals surface area (Å²) >= 11 is 1.43. The van der Waals surface area contributed by atoms with E-state index >= 15 is 0 Å². The van der Waals surface area contributed by atoms with E-state index in [-0.39, 0.29) is 11.9 Å². The summed E-state index contributed by atoms with van der Waals surface area (Å²) in [6.45, 7) is 10.9. The second kappa shape index (κ2) is 7.53. The molecule has 0 bridgehead atoms. The lowest BCUT2D eigenvalue weighted by molar-refractivity contribution is -0.116. The molecule has 0 aliphatic heterocycles. The predicted octanol–water partition coefficient (Wildman–Crippen LogP) is 3.20. The minimum absolute atomic E-state index is 0.0881. The number of aromatic nitrogens is 6. The highest BCUT2D eigenvalue weighted by Gasteiger charge is 2.16. The topological polar surface area (TPSA) is 90.5 Å². The fraction of sp³-hybridized carbons (Fsp3) is 0.588. The van der Waals surface area contributed by atoms with Gasteiger partial charge in [0.1, 0.15) is 16.0 Å². The number of nitrogens with one attached hydrogen (secondary N) is 1. The third-order valence-corrected chi connectivity index (χ3v) is 4.86. The maximum absolute atomic E-state index is 12.2. The minimum atomic E-state index is -0.0881. The first-order valence-corrected chi connectivity index (χ1v) is 9.69. The minimum Gasteiger partial charge on any atom is -0.300 e. The van der Waals surface area contributed by atoms with Gasteiger partial charge in [-0.3, -0.25) is 14.2 Å². The smallest absolute Gasteiger partial charge is 0.228 e. The molecule has 0 spiro atoms. The average molecular weight is 376 g/mol. The van der Waals surface area contributed by atoms with E-state index in [2.05, 4.69) is 53.4 Å². The molecule has 0 fully saturated rings. The molecule has 0 saturated heterocycles. The van der Waals surface area contributed by atoms with Gasteiger partial charge >= 0.3 is 0 Å². The molecule has 26 heavy (non-hydrogen) atoms. The summed E-state index contributed by atoms with van der Waals surface area (Å²) in [7, 11) is 0. The molecule has 3 aromatic heterocycles. The monoisotopic (exact) mass is 375 g/mol. The number of hydrogen-bond acceptors (Lipinski definition) is 6. The molecule has 0 radical (unpaired) electrons. The summed E-state index contributed by atoms with van der Waals surface area (Å²) < 4.78 is 3.81. The molecule has 1 amide bonds. The van der Waals surface area contributed by atoms with Crippen LogP contribution in [0.15, 0.2) is 6.20 Å². The van der Waals surface area contributed by atoms with Crippen molar-refractivity contribution < 1.29 is 4.79 Å². The number of anilines is 1. The zero-order chi connectivity index (χ0) is 18.8. The van der Waals surface area contributed by atoms with Crippen molar-refractivity contribution in [3.63, 3.8) is 0 Å². The van der Waals surface area contributed by atoms with Gasteiger partial charge in [-0.25, -0.2) is 0 Å². The Balaban J connectivity index is 1.63. The summed E-state index contributed by atoms with van der Waals surface area (Å²) in [5.74, 6) is 0.429. The largest absolute Gasteiger partial charge is 0.300 e. The zero-order valence-electron chi connectivity index (χ0n) is 15.9. The second-order valence-corrected chi connectivity index (χ2v) is 8.18. The molecule has 0 atom stereocenters. The van der Waals surface area contributed by atoms with Gasteiger partial charge in [-0.1, -0.05) is 25.2 Å². The van der Waals surface area contributed by atoms with Gasteiger partial charge in [0, 0.05) is 18.9 Å². The third-order valence-electron chi connectivity index (χ3n) is 4.00. The Kier molecular flexibility index (Phi) is 5.36. The van der Waals surface area contributed by atoms with E-state index in [1.165, 1.54) is 11.3 Å². The Hall–Kier alpha value is -2.29. The molecule has 9 heteroatoms. The van der Waals surface area contributed by atoms with Crippen LogP contribution in [0.5, 0.6) is 0 Å². The highest BCUT2D eigenvalue weighted by molar-refractivity contribution is 7.15. The lowest BCUT2D eigenvalue weighted by Crippen LogP contribution is -2.15. The number of hydrogen-bond donors (Lipinski definition) is 1. The van der Waals surface area contributed by atoms with Crippen molar-refractivity contribution in [3.05, 3.63) is 16.9 Å². The molecule has 0 saturated carbocycles. The van der Waals surface area contributed by atoms with Gasteiger partial charge in [-0.05, 0) is 26.7 Å². The van der Waals surface area contributed by atoms with Crippen molar-refractivity contribution in [1.82, 2.24) is 29.8 Å². The van der Waals surface area contributed by atoms with Gasteiger partial charge in [-0.2, -0.15) is 10.2 Å². The van der Waals surface area contributed by atoms with Crippen molar-refractivity contribution in [3.8, 4) is 0 Å². The van der Waals surface area contributed by atoms with Crippen LogP contribution in [0.3, 0.4) is 0 Å². The van der Waals surface area contributed by atoms with E-state index in [9.17, 15) is 4.79 Å². The molecular weight excluding hydrogens is 350 g/mol. The molecule has 1 N–H and O–H groups in total. The quantitative estimate of drug-likeness (QED) is 0.685. The van der Waals surface area contributed by atoms with Crippen LogP contribution in [0.1, 0.15) is 50.9 Å². The normalized spacial score (nSPS) is 11.8. The van der Waals surface area contributed by atoms with Crippen molar-refractivity contribution in [2.24, 2.45) is 5.92 Å². The summed E-state index contributed by atoms with van der Waals surface area (Å²) in [5.41, 5.74) is 2.91. The van der Waals surface area contributed by atoms with E-state index in [0.717, 1.165) is 28.2 Å². The number of amides is 1. The van der Waals surface area contributed by atoms with E-state index < -0.39 is 0 Å². The van der Waals surface area contributed by atoms with Crippen molar-refractivity contribution in [1.29, 1.82) is 0 Å². The molecule has 8 nitrogen and oxygen atoms in total. The Morgan fingerprint density at radius 1 is 1.27 bits per heavy atom. The highest BCUT2D eigenvalue weighted by Crippen LogP contribution is 2.22. The van der Waals surface area contributed by atoms with Crippen LogP contribution in [0.4, 0.5) is 5.13 Å². The van der Waals surface area contributed by atoms with Crippen molar-refractivity contribution >= 4 is 33.4 Å². The number of rotatable bonds is 7. The Morgan fingerprint density at radius 2 is 2.04 bits per heavy atom. The van der Waals surface area contributed by atoms with Gasteiger partial charge < -0.3 is 5.32 Å². The van der Waals surface area contributed by atoms with Gasteiger partial charge in [0.2, 0.25) is 11.0 Å². The average Bonchev–Trinajstić information content (AvgIpc) is 3.23. The summed E-state index contributed by atoms with van der Waals surface area (Å²) in [6.07, 6.45) is 3.01. The molecule has 3 rings (SSSR count). The fourth-order valence-corrected chi connectivity index (χ4v) is 3.83. The van der Waals surface area contributed by atoms with Crippen LogP contribution in [-0.4, -0.2) is 35.7 Å². The number of carbonyl (C=O) groups is 1. The standard InChI is InChI=1S/C17H25N7OS/c1-10(2)8-15-20-21-17(26-15)19-14(25)6-7-23-16-12(5)22-24(11(3)4)13(16)9-18-23/h9-11H,6-8H2,1-5H3,(H,19,21,25). The summed E-state index contributed by atoms with van der Waals surface area (Å²) in [4.78, 5) is 12.2. The van der Waals surface area contributed by atoms with Gasteiger partial charge in [0.25, 0.3) is 0 Å². The second-order valence-electron chi connectivity index (χ2n) is 7.12. The first-order valence-electron chi connectivity index (χ1n) is 8.88. The molecule has 3 heterocycles. The van der Waals surface area contributed by atoms with Gasteiger partial charge in [0.15, 0.2) is 0 Å². The lowest BCUT2D eigenvalue weighted by atomic mass is 10.1. The summed E-state index contributed by atoms with van der Waals surface area (Å²) in [6, 6.07) is 0.268. The molecular formula is C17H25N7OS. The first-order chi connectivity index (χ1) is 12.3. The van der Waals surface area contributed by atoms with E-state index in [1.54, 1.807) is 0 Å². The lowest BCUT2D eigenvalue weighted by Gasteiger charge is -2.04. The first kappa shape index (κ1) is 18.5. The van der Waals surface area contributed by atoms with Crippen LogP contribution < -0.4 is 5.32 Å². The maximum Gasteiger partial charge on any atom is 0.228 e. The fourth-order valence-electron chi connectivity index (χ4n) is 2.87. The van der Waals surface area contributed by atoms with Crippen molar-refractivity contribution in [2.45, 2.75) is 60.0 Å². The Labute approximate surface area is 156 Å². The van der Waals surface area contributed by atoms with E-state index in [0.29, 0.717) is 24.0 Å². The van der Waals surface area contributed by atoms with Crippen LogP contribution in [0, 0.1) is 12.8 Å². The molecule has 0 unspecified atom stereocenters. The van der Waals surface area contributed by atoms with E-state index in [4.69, 9.17) is 0 Å². The van der Waals surface area contributed by atoms with Crippen LogP contribution in [0.2, 0.25) is 0 Å². The Morgan fingerprint density at radius 3 is 2.73 bits per heavy atom. The van der Waals surface area contributed by atoms with E-state index in [1.807, 2.05) is 22.5 Å². The molecule has 0 aromatic carbocycles. The van der Waals surface area contributed by atoms with Gasteiger partial charge in [0.05, 0.1) is 18.4 Å². The maximum atomic E-state index is 12.2. The van der Waals surface area contributed by atoms with Gasteiger partial charge in [-0.15, -0.1) is 10.2 Å². The van der Waals surface area contributed by atoms with Crippen LogP contribution >= 0.6 is 11.3 Å². The molecule has 3 aromatic rings. The number of nitrogens with zero attached hydrogens (tertiary/aromatic N) is 6. The number of fused-ring (bicyclic) bond motifs is 1. The number of aryl methyl sites for hydroxylation is 2. The predicted molar refractivity (Wildman–Crippen MR) is 102 cm³/mol.